The SMILES string of the molecule is CS(=O)(=O)c1cc(F)ccc1CC1CC2(C1)CN(C(=O)CC[C@@H]1COC(=O)N1)C2. The smallest absolute Gasteiger partial charge is 0.407 e. The summed E-state index contributed by atoms with van der Waals surface area (Å²) in [7, 11) is -3.47. The summed E-state index contributed by atoms with van der Waals surface area (Å²) in [5, 5.41) is 2.67. The molecule has 1 saturated carbocycles. The summed E-state index contributed by atoms with van der Waals surface area (Å²) in [6, 6.07) is 3.88. The van der Waals surface area contributed by atoms with Crippen LogP contribution in [0.3, 0.4) is 0 Å². The zero-order valence-corrected chi connectivity index (χ0v) is 17.1. The number of nitrogens with zero attached hydrogens (tertiary/aromatic N) is 1. The van der Waals surface area contributed by atoms with E-state index in [0.717, 1.165) is 38.3 Å². The molecule has 3 aliphatic rings. The van der Waals surface area contributed by atoms with Crippen LogP contribution in [-0.2, 0) is 25.8 Å². The lowest BCUT2D eigenvalue weighted by Crippen LogP contribution is -2.64. The van der Waals surface area contributed by atoms with Gasteiger partial charge in [0, 0.05) is 31.2 Å². The lowest BCUT2D eigenvalue weighted by atomic mass is 9.56. The van der Waals surface area contributed by atoms with Crippen LogP contribution in [0.25, 0.3) is 0 Å². The Hall–Kier alpha value is -2.16. The van der Waals surface area contributed by atoms with Gasteiger partial charge in [0.05, 0.1) is 10.9 Å². The number of carbonyl (C=O) groups excluding carboxylic acids is 2. The summed E-state index contributed by atoms with van der Waals surface area (Å²) in [5.74, 6) is -0.0988. The summed E-state index contributed by atoms with van der Waals surface area (Å²) in [4.78, 5) is 25.3. The summed E-state index contributed by atoms with van der Waals surface area (Å²) in [6.45, 7) is 1.78. The molecule has 3 fully saturated rings. The van der Waals surface area contributed by atoms with Gasteiger partial charge in [-0.15, -0.1) is 0 Å². The van der Waals surface area contributed by atoms with E-state index in [2.05, 4.69) is 5.32 Å². The molecule has 1 aromatic carbocycles. The summed E-state index contributed by atoms with van der Waals surface area (Å²) in [5.41, 5.74) is 0.817. The van der Waals surface area contributed by atoms with E-state index in [0.29, 0.717) is 37.4 Å². The van der Waals surface area contributed by atoms with Crippen molar-refractivity contribution in [2.75, 3.05) is 26.0 Å². The number of hydrogen-bond acceptors (Lipinski definition) is 5. The van der Waals surface area contributed by atoms with E-state index in [9.17, 15) is 22.4 Å². The van der Waals surface area contributed by atoms with Crippen LogP contribution in [-0.4, -0.2) is 57.3 Å². The van der Waals surface area contributed by atoms with Gasteiger partial charge in [0.25, 0.3) is 0 Å². The Bertz CT molecular complexity index is 934. The molecule has 0 bridgehead atoms. The molecule has 1 spiro atoms. The van der Waals surface area contributed by atoms with Gasteiger partial charge in [0.1, 0.15) is 12.4 Å². The van der Waals surface area contributed by atoms with E-state index in [1.54, 1.807) is 6.07 Å². The minimum absolute atomic E-state index is 0.0758. The number of alkyl carbamates (subject to hydrolysis) is 1. The third-order valence-electron chi connectivity index (χ3n) is 6.23. The van der Waals surface area contributed by atoms with Crippen molar-refractivity contribution >= 4 is 21.8 Å². The number of sulfone groups is 1. The fourth-order valence-corrected chi connectivity index (χ4v) is 5.85. The number of benzene rings is 1. The average molecular weight is 424 g/mol. The molecular formula is C20H25FN2O5S. The maximum atomic E-state index is 13.5. The Morgan fingerprint density at radius 3 is 2.69 bits per heavy atom. The second-order valence-electron chi connectivity index (χ2n) is 8.73. The number of halogens is 1. The number of nitrogens with one attached hydrogen (secondary N) is 1. The number of rotatable bonds is 6. The van der Waals surface area contributed by atoms with E-state index in [-0.39, 0.29) is 22.3 Å². The normalized spacial score (nSPS) is 23.3. The number of hydrogen-bond donors (Lipinski definition) is 1. The van der Waals surface area contributed by atoms with Gasteiger partial charge in [-0.1, -0.05) is 6.07 Å². The highest BCUT2D eigenvalue weighted by Crippen LogP contribution is 2.53. The average Bonchev–Trinajstić information content (AvgIpc) is 2.99. The molecule has 1 aliphatic carbocycles. The molecule has 1 aromatic rings. The molecule has 2 amide bonds. The number of cyclic esters (lactones) is 1. The van der Waals surface area contributed by atoms with Crippen LogP contribution in [0.15, 0.2) is 23.1 Å². The molecule has 1 N–H and O–H groups in total. The molecule has 158 valence electrons. The van der Waals surface area contributed by atoms with Crippen molar-refractivity contribution in [2.24, 2.45) is 11.3 Å². The maximum absolute atomic E-state index is 13.5. The van der Waals surface area contributed by atoms with E-state index in [4.69, 9.17) is 4.74 Å². The Morgan fingerprint density at radius 1 is 1.34 bits per heavy atom. The third-order valence-corrected chi connectivity index (χ3v) is 7.41. The maximum Gasteiger partial charge on any atom is 0.407 e. The van der Waals surface area contributed by atoms with Gasteiger partial charge in [0.15, 0.2) is 9.84 Å². The highest BCUT2D eigenvalue weighted by Gasteiger charge is 2.53. The number of amides is 2. The van der Waals surface area contributed by atoms with E-state index in [1.165, 1.54) is 6.07 Å². The number of ether oxygens (including phenoxy) is 1. The molecule has 0 radical (unpaired) electrons. The number of carbonyl (C=O) groups is 2. The Balaban J connectivity index is 1.24. The molecule has 1 atom stereocenters. The van der Waals surface area contributed by atoms with Crippen LogP contribution < -0.4 is 5.32 Å². The predicted octanol–water partition coefficient (Wildman–Crippen LogP) is 1.90. The Kier molecular flexibility index (Phi) is 5.04. The molecule has 2 aliphatic heterocycles. The van der Waals surface area contributed by atoms with Gasteiger partial charge in [-0.05, 0) is 49.3 Å². The van der Waals surface area contributed by atoms with Crippen LogP contribution in [0.4, 0.5) is 9.18 Å². The zero-order chi connectivity index (χ0) is 20.8. The van der Waals surface area contributed by atoms with Crippen LogP contribution in [0.5, 0.6) is 0 Å². The number of likely N-dealkylation sites (tertiary alicyclic amines) is 1. The van der Waals surface area contributed by atoms with Gasteiger partial charge in [-0.2, -0.15) is 0 Å². The van der Waals surface area contributed by atoms with Crippen molar-refractivity contribution < 1.29 is 27.1 Å². The first-order chi connectivity index (χ1) is 13.6. The van der Waals surface area contributed by atoms with Crippen molar-refractivity contribution in [3.05, 3.63) is 29.6 Å². The molecule has 29 heavy (non-hydrogen) atoms. The van der Waals surface area contributed by atoms with Crippen molar-refractivity contribution in [2.45, 2.75) is 43.0 Å². The minimum Gasteiger partial charge on any atom is -0.447 e. The second-order valence-corrected chi connectivity index (χ2v) is 10.7. The molecular weight excluding hydrogens is 399 g/mol. The van der Waals surface area contributed by atoms with Gasteiger partial charge in [-0.3, -0.25) is 4.79 Å². The highest BCUT2D eigenvalue weighted by molar-refractivity contribution is 7.90. The molecule has 0 unspecified atom stereocenters. The van der Waals surface area contributed by atoms with Crippen LogP contribution >= 0.6 is 0 Å². The fourth-order valence-electron chi connectivity index (χ4n) is 4.90. The first-order valence-corrected chi connectivity index (χ1v) is 11.7. The molecule has 4 rings (SSSR count). The zero-order valence-electron chi connectivity index (χ0n) is 16.3. The Morgan fingerprint density at radius 2 is 2.07 bits per heavy atom. The molecule has 2 saturated heterocycles. The standard InChI is InChI=1S/C20H25FN2O5S/c1-29(26,27)17-7-15(21)3-2-14(17)6-13-8-20(9-13)11-23(12-20)18(24)5-4-16-10-28-19(25)22-16/h2-3,7,13,16H,4-6,8-12H2,1H3,(H,22,25)/t16-/m1/s1. The van der Waals surface area contributed by atoms with E-state index < -0.39 is 21.7 Å². The molecule has 2 heterocycles. The van der Waals surface area contributed by atoms with Gasteiger partial charge in [-0.25, -0.2) is 17.6 Å². The predicted molar refractivity (Wildman–Crippen MR) is 102 cm³/mol. The van der Waals surface area contributed by atoms with Gasteiger partial charge >= 0.3 is 6.09 Å². The van der Waals surface area contributed by atoms with Crippen LogP contribution in [0.2, 0.25) is 0 Å². The Labute approximate surface area is 169 Å². The van der Waals surface area contributed by atoms with E-state index in [1.807, 2.05) is 4.90 Å². The minimum atomic E-state index is -3.47. The van der Waals surface area contributed by atoms with Gasteiger partial charge in [0.2, 0.25) is 5.91 Å². The van der Waals surface area contributed by atoms with E-state index >= 15 is 0 Å². The van der Waals surface area contributed by atoms with Crippen molar-refractivity contribution in [3.63, 3.8) is 0 Å². The summed E-state index contributed by atoms with van der Waals surface area (Å²) >= 11 is 0. The first-order valence-electron chi connectivity index (χ1n) is 9.83. The largest absolute Gasteiger partial charge is 0.447 e. The quantitative estimate of drug-likeness (QED) is 0.753. The van der Waals surface area contributed by atoms with Crippen molar-refractivity contribution in [1.82, 2.24) is 10.2 Å². The molecule has 9 heteroatoms. The summed E-state index contributed by atoms with van der Waals surface area (Å²) in [6.07, 6.45) is 4.15. The topological polar surface area (TPSA) is 92.8 Å². The summed E-state index contributed by atoms with van der Waals surface area (Å²) < 4.78 is 42.2. The van der Waals surface area contributed by atoms with Crippen LogP contribution in [0.1, 0.15) is 31.2 Å². The van der Waals surface area contributed by atoms with Gasteiger partial charge < -0.3 is 15.0 Å². The molecule has 7 nitrogen and oxygen atoms in total. The monoisotopic (exact) mass is 424 g/mol. The second kappa shape index (κ2) is 7.27. The van der Waals surface area contributed by atoms with Crippen LogP contribution in [0, 0.1) is 17.2 Å². The third kappa shape index (κ3) is 4.24. The molecule has 0 aromatic heterocycles. The fraction of sp³-hybridized carbons (Fsp3) is 0.600. The lowest BCUT2D eigenvalue weighted by molar-refractivity contribution is -0.155. The highest BCUT2D eigenvalue weighted by atomic mass is 32.2. The van der Waals surface area contributed by atoms with Crippen molar-refractivity contribution in [3.8, 4) is 0 Å². The lowest BCUT2D eigenvalue weighted by Gasteiger charge is -2.59. The van der Waals surface area contributed by atoms with Crippen molar-refractivity contribution in [1.29, 1.82) is 0 Å². The first kappa shape index (κ1) is 20.1.